The van der Waals surface area contributed by atoms with E-state index >= 15 is 0 Å². The predicted molar refractivity (Wildman–Crippen MR) is 67.9 cm³/mol. The van der Waals surface area contributed by atoms with Crippen molar-refractivity contribution < 1.29 is 14.7 Å². The zero-order chi connectivity index (χ0) is 14.0. The molecule has 2 atom stereocenters. The van der Waals surface area contributed by atoms with Crippen LogP contribution in [0.4, 0.5) is 0 Å². The number of carbonyl (C=O) groups is 2. The lowest BCUT2D eigenvalue weighted by Gasteiger charge is -2.36. The Bertz CT molecular complexity index is 552. The van der Waals surface area contributed by atoms with Gasteiger partial charge in [-0.2, -0.15) is 0 Å². The molecule has 0 aromatic carbocycles. The number of rotatable bonds is 2. The molecule has 1 aromatic heterocycles. The Kier molecular flexibility index (Phi) is 3.69. The standard InChI is InChI=1S/C13H16N2O4/c1-8-3-5-15(10(6-8)13(18)19)12(17)9-2-4-14-11(16)7-9/h2,4,7-8,10H,3,5-6H2,1H3,(H,14,16)(H,18,19). The molecule has 0 radical (unpaired) electrons. The van der Waals surface area contributed by atoms with Crippen LogP contribution in [0.3, 0.4) is 0 Å². The van der Waals surface area contributed by atoms with Crippen LogP contribution in [0.15, 0.2) is 23.1 Å². The number of nitrogens with zero attached hydrogens (tertiary/aromatic N) is 1. The van der Waals surface area contributed by atoms with E-state index < -0.39 is 17.9 Å². The zero-order valence-corrected chi connectivity index (χ0v) is 10.6. The normalized spacial score (nSPS) is 23.1. The largest absolute Gasteiger partial charge is 0.480 e. The Balaban J connectivity index is 2.26. The third-order valence-electron chi connectivity index (χ3n) is 3.43. The molecule has 2 heterocycles. The van der Waals surface area contributed by atoms with Gasteiger partial charge in [0.05, 0.1) is 0 Å². The van der Waals surface area contributed by atoms with Crippen LogP contribution in [0.25, 0.3) is 0 Å². The Morgan fingerprint density at radius 2 is 2.21 bits per heavy atom. The number of pyridine rings is 1. The van der Waals surface area contributed by atoms with Gasteiger partial charge in [0.1, 0.15) is 6.04 Å². The highest BCUT2D eigenvalue weighted by atomic mass is 16.4. The smallest absolute Gasteiger partial charge is 0.326 e. The van der Waals surface area contributed by atoms with Crippen molar-refractivity contribution in [3.8, 4) is 0 Å². The molecule has 1 saturated heterocycles. The van der Waals surface area contributed by atoms with Crippen molar-refractivity contribution in [2.24, 2.45) is 5.92 Å². The van der Waals surface area contributed by atoms with Gasteiger partial charge in [-0.05, 0) is 24.8 Å². The molecule has 6 heteroatoms. The number of hydrogen-bond donors (Lipinski definition) is 2. The first-order chi connectivity index (χ1) is 8.99. The van der Waals surface area contributed by atoms with E-state index in [1.165, 1.54) is 23.2 Å². The molecule has 102 valence electrons. The number of carbonyl (C=O) groups excluding carboxylic acids is 1. The molecule has 6 nitrogen and oxygen atoms in total. The summed E-state index contributed by atoms with van der Waals surface area (Å²) in [6.45, 7) is 2.38. The van der Waals surface area contributed by atoms with Gasteiger partial charge in [-0.1, -0.05) is 6.92 Å². The molecule has 0 saturated carbocycles. The average molecular weight is 264 g/mol. The molecule has 1 fully saturated rings. The molecule has 0 aliphatic carbocycles. The fraction of sp³-hybridized carbons (Fsp3) is 0.462. The van der Waals surface area contributed by atoms with Crippen LogP contribution >= 0.6 is 0 Å². The number of H-pyrrole nitrogens is 1. The van der Waals surface area contributed by atoms with Crippen LogP contribution < -0.4 is 5.56 Å². The van der Waals surface area contributed by atoms with Crippen LogP contribution in [0, 0.1) is 5.92 Å². The van der Waals surface area contributed by atoms with Crippen molar-refractivity contribution >= 4 is 11.9 Å². The monoisotopic (exact) mass is 264 g/mol. The molecule has 1 aliphatic heterocycles. The van der Waals surface area contributed by atoms with Crippen molar-refractivity contribution in [2.75, 3.05) is 6.54 Å². The van der Waals surface area contributed by atoms with Crippen molar-refractivity contribution in [2.45, 2.75) is 25.8 Å². The highest BCUT2D eigenvalue weighted by Gasteiger charge is 2.35. The van der Waals surface area contributed by atoms with Crippen LogP contribution in [-0.4, -0.2) is 39.5 Å². The van der Waals surface area contributed by atoms with Crippen molar-refractivity contribution in [3.63, 3.8) is 0 Å². The minimum Gasteiger partial charge on any atom is -0.480 e. The number of carboxylic acid groups (broad SMARTS) is 1. The van der Waals surface area contributed by atoms with Crippen LogP contribution in [0.2, 0.25) is 0 Å². The van der Waals surface area contributed by atoms with Crippen molar-refractivity contribution in [1.82, 2.24) is 9.88 Å². The lowest BCUT2D eigenvalue weighted by atomic mass is 9.92. The number of nitrogens with one attached hydrogen (secondary N) is 1. The third-order valence-corrected chi connectivity index (χ3v) is 3.43. The van der Waals surface area contributed by atoms with Gasteiger partial charge in [0.2, 0.25) is 5.56 Å². The summed E-state index contributed by atoms with van der Waals surface area (Å²) in [5.41, 5.74) is -0.146. The van der Waals surface area contributed by atoms with E-state index in [1.54, 1.807) is 0 Å². The number of aromatic nitrogens is 1. The SMILES string of the molecule is CC1CCN(C(=O)c2cc[nH]c(=O)c2)C(C(=O)O)C1. The number of aliphatic carboxylic acids is 1. The first-order valence-electron chi connectivity index (χ1n) is 6.21. The highest BCUT2D eigenvalue weighted by molar-refractivity contribution is 5.96. The first-order valence-corrected chi connectivity index (χ1v) is 6.21. The maximum absolute atomic E-state index is 12.3. The molecular weight excluding hydrogens is 248 g/mol. The summed E-state index contributed by atoms with van der Waals surface area (Å²) in [6, 6.07) is 1.87. The lowest BCUT2D eigenvalue weighted by molar-refractivity contribution is -0.144. The van der Waals surface area contributed by atoms with Crippen molar-refractivity contribution in [3.05, 3.63) is 34.2 Å². The summed E-state index contributed by atoms with van der Waals surface area (Å²) in [6.07, 6.45) is 2.61. The van der Waals surface area contributed by atoms with Gasteiger partial charge in [0, 0.05) is 24.4 Å². The summed E-state index contributed by atoms with van der Waals surface area (Å²) in [4.78, 5) is 38.5. The molecule has 1 aromatic rings. The second-order valence-corrected chi connectivity index (χ2v) is 4.92. The maximum Gasteiger partial charge on any atom is 0.326 e. The predicted octanol–water partition coefficient (Wildman–Crippen LogP) is 0.700. The number of likely N-dealkylation sites (tertiary alicyclic amines) is 1. The third kappa shape index (κ3) is 2.83. The molecular formula is C13H16N2O4. The van der Waals surface area contributed by atoms with Crippen LogP contribution in [0.1, 0.15) is 30.1 Å². The maximum atomic E-state index is 12.3. The van der Waals surface area contributed by atoms with E-state index in [1.807, 2.05) is 6.92 Å². The minimum absolute atomic E-state index is 0.226. The number of carboxylic acids is 1. The fourth-order valence-corrected chi connectivity index (χ4v) is 2.36. The van der Waals surface area contributed by atoms with Gasteiger partial charge in [-0.3, -0.25) is 9.59 Å². The molecule has 1 aliphatic rings. The first kappa shape index (κ1) is 13.3. The van der Waals surface area contributed by atoms with Gasteiger partial charge in [0.25, 0.3) is 5.91 Å². The molecule has 0 bridgehead atoms. The molecule has 2 rings (SSSR count). The highest BCUT2D eigenvalue weighted by Crippen LogP contribution is 2.24. The Morgan fingerprint density at radius 3 is 2.84 bits per heavy atom. The van der Waals surface area contributed by atoms with Crippen molar-refractivity contribution in [1.29, 1.82) is 0 Å². The topological polar surface area (TPSA) is 90.5 Å². The van der Waals surface area contributed by atoms with Gasteiger partial charge in [0.15, 0.2) is 0 Å². The van der Waals surface area contributed by atoms with Gasteiger partial charge in [-0.15, -0.1) is 0 Å². The van der Waals surface area contributed by atoms with E-state index in [-0.39, 0.29) is 17.0 Å². The quantitative estimate of drug-likeness (QED) is 0.822. The zero-order valence-electron chi connectivity index (χ0n) is 10.6. The van der Waals surface area contributed by atoms with Crippen LogP contribution in [0.5, 0.6) is 0 Å². The van der Waals surface area contributed by atoms with E-state index in [4.69, 9.17) is 0 Å². The summed E-state index contributed by atoms with van der Waals surface area (Å²) in [5, 5.41) is 9.22. The Morgan fingerprint density at radius 1 is 1.47 bits per heavy atom. The number of hydrogen-bond acceptors (Lipinski definition) is 3. The molecule has 0 spiro atoms. The Hall–Kier alpha value is -2.11. The van der Waals surface area contributed by atoms with Gasteiger partial charge >= 0.3 is 5.97 Å². The fourth-order valence-electron chi connectivity index (χ4n) is 2.36. The van der Waals surface area contributed by atoms with E-state index in [9.17, 15) is 19.5 Å². The van der Waals surface area contributed by atoms with E-state index in [0.717, 1.165) is 6.42 Å². The minimum atomic E-state index is -0.996. The Labute approximate surface area is 110 Å². The molecule has 2 unspecified atom stereocenters. The molecule has 2 N–H and O–H groups in total. The van der Waals surface area contributed by atoms with E-state index in [2.05, 4.69) is 4.98 Å². The summed E-state index contributed by atoms with van der Waals surface area (Å²) in [5.74, 6) is -1.11. The van der Waals surface area contributed by atoms with Gasteiger partial charge < -0.3 is 15.0 Å². The summed E-state index contributed by atoms with van der Waals surface area (Å²) >= 11 is 0. The average Bonchev–Trinajstić information content (AvgIpc) is 2.37. The number of amides is 1. The lowest BCUT2D eigenvalue weighted by Crippen LogP contribution is -2.49. The number of piperidine rings is 1. The molecule has 1 amide bonds. The second kappa shape index (κ2) is 5.26. The van der Waals surface area contributed by atoms with E-state index in [0.29, 0.717) is 13.0 Å². The summed E-state index contributed by atoms with van der Waals surface area (Å²) in [7, 11) is 0. The summed E-state index contributed by atoms with van der Waals surface area (Å²) < 4.78 is 0. The van der Waals surface area contributed by atoms with Gasteiger partial charge in [-0.25, -0.2) is 4.79 Å². The van der Waals surface area contributed by atoms with Crippen LogP contribution in [-0.2, 0) is 4.79 Å². The second-order valence-electron chi connectivity index (χ2n) is 4.92. The number of aromatic amines is 1. The molecule has 19 heavy (non-hydrogen) atoms.